The van der Waals surface area contributed by atoms with Crippen LogP contribution in [0.1, 0.15) is 25.8 Å². The smallest absolute Gasteiger partial charge is 0.124 e. The maximum absolute atomic E-state index is 5.72. The van der Waals surface area contributed by atoms with Gasteiger partial charge >= 0.3 is 0 Å². The van der Waals surface area contributed by atoms with Crippen molar-refractivity contribution in [3.8, 4) is 18.1 Å². The molecule has 1 rings (SSSR count). The molecular weight excluding hydrogens is 198 g/mol. The lowest BCUT2D eigenvalue weighted by molar-refractivity contribution is 0.239. The molecule has 0 saturated heterocycles. The Morgan fingerprint density at radius 3 is 2.81 bits per heavy atom. The Labute approximate surface area is 98.0 Å². The second kappa shape index (κ2) is 6.92. The minimum absolute atomic E-state index is 0.201. The first-order chi connectivity index (χ1) is 7.74. The van der Waals surface area contributed by atoms with Crippen LogP contribution < -0.4 is 10.1 Å². The Morgan fingerprint density at radius 1 is 1.38 bits per heavy atom. The van der Waals surface area contributed by atoms with Crippen molar-refractivity contribution in [3.05, 3.63) is 29.8 Å². The predicted octanol–water partition coefficient (Wildman–Crippen LogP) is 2.59. The first-order valence-corrected chi connectivity index (χ1v) is 5.62. The molecule has 0 heterocycles. The standard InChI is InChI=1S/C14H19NO/c1-4-5-10-15-11-13-8-6-7-9-14(13)16-12(2)3/h1,6-9,12,15H,5,10-11H2,2-3H3. The highest BCUT2D eigenvalue weighted by Crippen LogP contribution is 2.18. The molecule has 0 fully saturated rings. The van der Waals surface area contributed by atoms with Crippen LogP contribution in [-0.2, 0) is 6.54 Å². The molecule has 2 nitrogen and oxygen atoms in total. The van der Waals surface area contributed by atoms with E-state index in [9.17, 15) is 0 Å². The summed E-state index contributed by atoms with van der Waals surface area (Å²) in [6, 6.07) is 8.08. The summed E-state index contributed by atoms with van der Waals surface area (Å²) in [5.74, 6) is 3.56. The lowest BCUT2D eigenvalue weighted by Crippen LogP contribution is -2.16. The van der Waals surface area contributed by atoms with E-state index >= 15 is 0 Å². The molecule has 0 aliphatic rings. The van der Waals surface area contributed by atoms with Crippen molar-refractivity contribution in [2.24, 2.45) is 0 Å². The number of benzene rings is 1. The van der Waals surface area contributed by atoms with Crippen LogP contribution in [0.5, 0.6) is 5.75 Å². The van der Waals surface area contributed by atoms with Gasteiger partial charge in [0.1, 0.15) is 5.75 Å². The second-order valence-electron chi connectivity index (χ2n) is 3.91. The maximum Gasteiger partial charge on any atom is 0.124 e. The summed E-state index contributed by atoms with van der Waals surface area (Å²) >= 11 is 0. The average Bonchev–Trinajstić information content (AvgIpc) is 2.26. The third-order valence-electron chi connectivity index (χ3n) is 2.10. The molecule has 1 aromatic carbocycles. The van der Waals surface area contributed by atoms with Gasteiger partial charge in [0, 0.05) is 25.1 Å². The fourth-order valence-electron chi connectivity index (χ4n) is 1.40. The number of hydrogen-bond donors (Lipinski definition) is 1. The molecule has 86 valence electrons. The zero-order valence-corrected chi connectivity index (χ0v) is 9.99. The van der Waals surface area contributed by atoms with Gasteiger partial charge in [-0.3, -0.25) is 0 Å². The van der Waals surface area contributed by atoms with Crippen LogP contribution >= 0.6 is 0 Å². The maximum atomic E-state index is 5.72. The number of nitrogens with one attached hydrogen (secondary N) is 1. The topological polar surface area (TPSA) is 21.3 Å². The van der Waals surface area contributed by atoms with Crippen LogP contribution in [-0.4, -0.2) is 12.6 Å². The number of hydrogen-bond acceptors (Lipinski definition) is 2. The van der Waals surface area contributed by atoms with Crippen LogP contribution in [0.15, 0.2) is 24.3 Å². The van der Waals surface area contributed by atoms with Gasteiger partial charge in [0.25, 0.3) is 0 Å². The molecule has 1 aromatic rings. The Balaban J connectivity index is 2.54. The van der Waals surface area contributed by atoms with E-state index in [0.717, 1.165) is 25.3 Å². The van der Waals surface area contributed by atoms with Crippen LogP contribution in [0, 0.1) is 12.3 Å². The summed E-state index contributed by atoms with van der Waals surface area (Å²) in [6.45, 7) is 5.70. The quantitative estimate of drug-likeness (QED) is 0.584. The van der Waals surface area contributed by atoms with Crippen molar-refractivity contribution in [2.45, 2.75) is 32.9 Å². The van der Waals surface area contributed by atoms with E-state index in [1.807, 2.05) is 32.0 Å². The van der Waals surface area contributed by atoms with Gasteiger partial charge in [-0.15, -0.1) is 12.3 Å². The Hall–Kier alpha value is -1.46. The van der Waals surface area contributed by atoms with Crippen LogP contribution in [0.4, 0.5) is 0 Å². The van der Waals surface area contributed by atoms with E-state index in [1.165, 1.54) is 5.56 Å². The molecule has 0 spiro atoms. The second-order valence-corrected chi connectivity index (χ2v) is 3.91. The van der Waals surface area contributed by atoms with E-state index in [0.29, 0.717) is 0 Å². The molecule has 1 N–H and O–H groups in total. The monoisotopic (exact) mass is 217 g/mol. The van der Waals surface area contributed by atoms with Gasteiger partial charge in [-0.05, 0) is 19.9 Å². The first-order valence-electron chi connectivity index (χ1n) is 5.62. The van der Waals surface area contributed by atoms with E-state index < -0.39 is 0 Å². The highest BCUT2D eigenvalue weighted by Gasteiger charge is 2.03. The van der Waals surface area contributed by atoms with Crippen molar-refractivity contribution in [1.82, 2.24) is 5.32 Å². The molecule has 0 aliphatic carbocycles. The van der Waals surface area contributed by atoms with Crippen LogP contribution in [0.2, 0.25) is 0 Å². The SMILES string of the molecule is C#CCCNCc1ccccc1OC(C)C. The molecular formula is C14H19NO. The zero-order valence-electron chi connectivity index (χ0n) is 9.99. The van der Waals surface area contributed by atoms with Crippen LogP contribution in [0.25, 0.3) is 0 Å². The van der Waals surface area contributed by atoms with Crippen molar-refractivity contribution < 1.29 is 4.74 Å². The fourth-order valence-corrected chi connectivity index (χ4v) is 1.40. The third-order valence-corrected chi connectivity index (χ3v) is 2.10. The normalized spacial score (nSPS) is 10.1. The largest absolute Gasteiger partial charge is 0.491 e. The molecule has 0 unspecified atom stereocenters. The Bertz CT molecular complexity index is 352. The lowest BCUT2D eigenvalue weighted by Gasteiger charge is -2.14. The van der Waals surface area contributed by atoms with Crippen molar-refractivity contribution >= 4 is 0 Å². The van der Waals surface area contributed by atoms with Gasteiger partial charge in [0.2, 0.25) is 0 Å². The van der Waals surface area contributed by atoms with Crippen molar-refractivity contribution in [1.29, 1.82) is 0 Å². The van der Waals surface area contributed by atoms with E-state index in [2.05, 4.69) is 17.3 Å². The average molecular weight is 217 g/mol. The molecule has 16 heavy (non-hydrogen) atoms. The molecule has 0 aliphatic heterocycles. The molecule has 2 heteroatoms. The van der Waals surface area contributed by atoms with Gasteiger partial charge in [-0.1, -0.05) is 18.2 Å². The van der Waals surface area contributed by atoms with E-state index in [-0.39, 0.29) is 6.10 Å². The van der Waals surface area contributed by atoms with E-state index in [4.69, 9.17) is 11.2 Å². The number of para-hydroxylation sites is 1. The van der Waals surface area contributed by atoms with Crippen molar-refractivity contribution in [2.75, 3.05) is 6.54 Å². The summed E-state index contributed by atoms with van der Waals surface area (Å²) in [7, 11) is 0. The summed E-state index contributed by atoms with van der Waals surface area (Å²) in [6.07, 6.45) is 6.15. The Kier molecular flexibility index (Phi) is 5.45. The summed E-state index contributed by atoms with van der Waals surface area (Å²) in [5, 5.41) is 3.29. The Morgan fingerprint density at radius 2 is 2.12 bits per heavy atom. The highest BCUT2D eigenvalue weighted by atomic mass is 16.5. The summed E-state index contributed by atoms with van der Waals surface area (Å²) in [4.78, 5) is 0. The first kappa shape index (κ1) is 12.6. The summed E-state index contributed by atoms with van der Waals surface area (Å²) < 4.78 is 5.72. The molecule has 0 atom stereocenters. The predicted molar refractivity (Wildman–Crippen MR) is 67.4 cm³/mol. The van der Waals surface area contributed by atoms with Gasteiger partial charge in [-0.2, -0.15) is 0 Å². The minimum atomic E-state index is 0.201. The third kappa shape index (κ3) is 4.37. The molecule has 0 saturated carbocycles. The van der Waals surface area contributed by atoms with Gasteiger partial charge < -0.3 is 10.1 Å². The molecule has 0 aromatic heterocycles. The van der Waals surface area contributed by atoms with Crippen molar-refractivity contribution in [3.63, 3.8) is 0 Å². The number of rotatable bonds is 6. The molecule has 0 radical (unpaired) electrons. The lowest BCUT2D eigenvalue weighted by atomic mass is 10.2. The minimum Gasteiger partial charge on any atom is -0.491 e. The van der Waals surface area contributed by atoms with E-state index in [1.54, 1.807) is 0 Å². The van der Waals surface area contributed by atoms with Gasteiger partial charge in [0.05, 0.1) is 6.10 Å². The molecule has 0 amide bonds. The zero-order chi connectivity index (χ0) is 11.8. The summed E-state index contributed by atoms with van der Waals surface area (Å²) in [5.41, 5.74) is 1.17. The van der Waals surface area contributed by atoms with Crippen LogP contribution in [0.3, 0.4) is 0 Å². The number of terminal acetylenes is 1. The van der Waals surface area contributed by atoms with Gasteiger partial charge in [-0.25, -0.2) is 0 Å². The number of ether oxygens (including phenoxy) is 1. The highest BCUT2D eigenvalue weighted by molar-refractivity contribution is 5.33. The fraction of sp³-hybridized carbons (Fsp3) is 0.429. The van der Waals surface area contributed by atoms with Gasteiger partial charge in [0.15, 0.2) is 0 Å². The molecule has 0 bridgehead atoms.